The maximum absolute atomic E-state index is 12.2. The average molecular weight is 321 g/mol. The molecule has 0 saturated carbocycles. The molecule has 3 rings (SSSR count). The number of hydrogen-bond acceptors (Lipinski definition) is 3. The topological polar surface area (TPSA) is 44.7 Å². The molecule has 1 aliphatic heterocycles. The van der Waals surface area contributed by atoms with E-state index in [9.17, 15) is 4.79 Å². The minimum atomic E-state index is -0.0901. The molecule has 24 heavy (non-hydrogen) atoms. The number of rotatable bonds is 4. The zero-order valence-corrected chi connectivity index (χ0v) is 14.2. The fourth-order valence-electron chi connectivity index (χ4n) is 3.13. The van der Waals surface area contributed by atoms with Gasteiger partial charge < -0.3 is 4.90 Å². The SMILES string of the molecule is Cc1ccc(/C=N/NC(=O)CN2CCCc3ccccc32)c(C)c1. The summed E-state index contributed by atoms with van der Waals surface area (Å²) >= 11 is 0. The van der Waals surface area contributed by atoms with Crippen LogP contribution >= 0.6 is 0 Å². The number of fused-ring (bicyclic) bond motifs is 1. The molecular weight excluding hydrogens is 298 g/mol. The third-order valence-electron chi connectivity index (χ3n) is 4.36. The number of carbonyl (C=O) groups is 1. The summed E-state index contributed by atoms with van der Waals surface area (Å²) in [4.78, 5) is 14.3. The molecule has 1 aliphatic rings. The highest BCUT2D eigenvalue weighted by Gasteiger charge is 2.18. The molecule has 0 radical (unpaired) electrons. The lowest BCUT2D eigenvalue weighted by molar-refractivity contribution is -0.119. The molecule has 0 unspecified atom stereocenters. The molecule has 0 spiro atoms. The van der Waals surface area contributed by atoms with E-state index in [4.69, 9.17) is 0 Å². The average Bonchev–Trinajstić information content (AvgIpc) is 2.57. The molecule has 1 N–H and O–H groups in total. The van der Waals surface area contributed by atoms with Crippen LogP contribution in [0.15, 0.2) is 47.6 Å². The number of para-hydroxylation sites is 1. The maximum Gasteiger partial charge on any atom is 0.259 e. The van der Waals surface area contributed by atoms with E-state index < -0.39 is 0 Å². The van der Waals surface area contributed by atoms with Gasteiger partial charge in [0.1, 0.15) is 0 Å². The smallest absolute Gasteiger partial charge is 0.259 e. The van der Waals surface area contributed by atoms with Crippen LogP contribution < -0.4 is 10.3 Å². The van der Waals surface area contributed by atoms with Crippen molar-refractivity contribution in [3.8, 4) is 0 Å². The van der Waals surface area contributed by atoms with Gasteiger partial charge in [-0.25, -0.2) is 5.43 Å². The predicted octanol–water partition coefficient (Wildman–Crippen LogP) is 3.21. The Morgan fingerprint density at radius 2 is 2.08 bits per heavy atom. The van der Waals surface area contributed by atoms with Crippen LogP contribution in [0.4, 0.5) is 5.69 Å². The first-order chi connectivity index (χ1) is 11.6. The second kappa shape index (κ2) is 7.30. The molecule has 2 aromatic carbocycles. The van der Waals surface area contributed by atoms with Gasteiger partial charge in [-0.05, 0) is 49.4 Å². The zero-order chi connectivity index (χ0) is 16.9. The van der Waals surface area contributed by atoms with Crippen molar-refractivity contribution >= 4 is 17.8 Å². The number of amides is 1. The minimum absolute atomic E-state index is 0.0901. The Bertz CT molecular complexity index is 767. The normalized spacial score (nSPS) is 13.8. The number of anilines is 1. The van der Waals surface area contributed by atoms with Crippen LogP contribution in [-0.2, 0) is 11.2 Å². The van der Waals surface area contributed by atoms with Crippen molar-refractivity contribution in [2.24, 2.45) is 5.10 Å². The van der Waals surface area contributed by atoms with Crippen LogP contribution in [0.25, 0.3) is 0 Å². The number of carbonyl (C=O) groups excluding carboxylic acids is 1. The molecule has 0 atom stereocenters. The Morgan fingerprint density at radius 3 is 2.92 bits per heavy atom. The molecule has 1 amide bonds. The van der Waals surface area contributed by atoms with Crippen LogP contribution in [0.2, 0.25) is 0 Å². The Hall–Kier alpha value is -2.62. The summed E-state index contributed by atoms with van der Waals surface area (Å²) in [6, 6.07) is 14.5. The second-order valence-electron chi connectivity index (χ2n) is 6.31. The Labute approximate surface area is 143 Å². The zero-order valence-electron chi connectivity index (χ0n) is 14.2. The number of aryl methyl sites for hydroxylation is 3. The summed E-state index contributed by atoms with van der Waals surface area (Å²) in [5.41, 5.74) is 8.51. The molecule has 2 aromatic rings. The lowest BCUT2D eigenvalue weighted by atomic mass is 10.0. The summed E-state index contributed by atoms with van der Waals surface area (Å²) < 4.78 is 0. The number of hydrogen-bond donors (Lipinski definition) is 1. The standard InChI is InChI=1S/C20H23N3O/c1-15-9-10-18(16(2)12-15)13-21-22-20(24)14-23-11-5-7-17-6-3-4-8-19(17)23/h3-4,6,8-10,12-13H,5,7,11,14H2,1-2H3,(H,22,24)/b21-13+. The molecule has 1 heterocycles. The van der Waals surface area contributed by atoms with Gasteiger partial charge in [0.05, 0.1) is 12.8 Å². The van der Waals surface area contributed by atoms with Crippen LogP contribution in [0.5, 0.6) is 0 Å². The van der Waals surface area contributed by atoms with Crippen LogP contribution in [0.1, 0.15) is 28.7 Å². The van der Waals surface area contributed by atoms with E-state index in [-0.39, 0.29) is 5.91 Å². The van der Waals surface area contributed by atoms with E-state index in [1.807, 2.05) is 25.1 Å². The van der Waals surface area contributed by atoms with Crippen molar-refractivity contribution in [3.63, 3.8) is 0 Å². The first-order valence-corrected chi connectivity index (χ1v) is 8.35. The van der Waals surface area contributed by atoms with E-state index >= 15 is 0 Å². The highest BCUT2D eigenvalue weighted by molar-refractivity contribution is 5.85. The summed E-state index contributed by atoms with van der Waals surface area (Å²) in [6.45, 7) is 5.35. The van der Waals surface area contributed by atoms with Gasteiger partial charge in [0.15, 0.2) is 0 Å². The molecule has 0 saturated heterocycles. The maximum atomic E-state index is 12.2. The summed E-state index contributed by atoms with van der Waals surface area (Å²) in [7, 11) is 0. The first-order valence-electron chi connectivity index (χ1n) is 8.35. The van der Waals surface area contributed by atoms with Gasteiger partial charge in [0.25, 0.3) is 5.91 Å². The van der Waals surface area contributed by atoms with E-state index in [2.05, 4.69) is 46.6 Å². The molecule has 4 nitrogen and oxygen atoms in total. The lowest BCUT2D eigenvalue weighted by Crippen LogP contribution is -2.38. The van der Waals surface area contributed by atoms with E-state index in [0.717, 1.165) is 36.2 Å². The Kier molecular flexibility index (Phi) is 4.94. The Morgan fingerprint density at radius 1 is 1.25 bits per heavy atom. The van der Waals surface area contributed by atoms with Crippen LogP contribution in [0, 0.1) is 13.8 Å². The second-order valence-corrected chi connectivity index (χ2v) is 6.31. The fourth-order valence-corrected chi connectivity index (χ4v) is 3.13. The quantitative estimate of drug-likeness (QED) is 0.694. The molecule has 0 aromatic heterocycles. The number of hydrazone groups is 1. The molecular formula is C20H23N3O. The van der Waals surface area contributed by atoms with Crippen LogP contribution in [0.3, 0.4) is 0 Å². The summed E-state index contributed by atoms with van der Waals surface area (Å²) in [5, 5.41) is 4.10. The number of benzene rings is 2. The number of nitrogens with zero attached hydrogens (tertiary/aromatic N) is 2. The van der Waals surface area contributed by atoms with Crippen molar-refractivity contribution in [3.05, 3.63) is 64.7 Å². The van der Waals surface area contributed by atoms with Crippen molar-refractivity contribution in [2.45, 2.75) is 26.7 Å². The van der Waals surface area contributed by atoms with Gasteiger partial charge in [-0.2, -0.15) is 5.10 Å². The highest BCUT2D eigenvalue weighted by Crippen LogP contribution is 2.26. The first kappa shape index (κ1) is 16.2. The van der Waals surface area contributed by atoms with Gasteiger partial charge in [-0.3, -0.25) is 4.79 Å². The van der Waals surface area contributed by atoms with Crippen molar-refractivity contribution in [2.75, 3.05) is 18.0 Å². The lowest BCUT2D eigenvalue weighted by Gasteiger charge is -2.30. The van der Waals surface area contributed by atoms with Gasteiger partial charge in [-0.1, -0.05) is 42.0 Å². The highest BCUT2D eigenvalue weighted by atomic mass is 16.2. The predicted molar refractivity (Wildman–Crippen MR) is 98.6 cm³/mol. The third-order valence-corrected chi connectivity index (χ3v) is 4.36. The van der Waals surface area contributed by atoms with E-state index in [0.29, 0.717) is 6.54 Å². The van der Waals surface area contributed by atoms with Crippen molar-refractivity contribution < 1.29 is 4.79 Å². The van der Waals surface area contributed by atoms with Gasteiger partial charge in [0, 0.05) is 12.2 Å². The van der Waals surface area contributed by atoms with E-state index in [1.165, 1.54) is 11.1 Å². The number of nitrogens with one attached hydrogen (secondary N) is 1. The summed E-state index contributed by atoms with van der Waals surface area (Å²) in [6.07, 6.45) is 3.87. The molecule has 0 aliphatic carbocycles. The molecule has 124 valence electrons. The Balaban J connectivity index is 1.59. The van der Waals surface area contributed by atoms with Crippen molar-refractivity contribution in [1.82, 2.24) is 5.43 Å². The fraction of sp³-hybridized carbons (Fsp3) is 0.300. The minimum Gasteiger partial charge on any atom is -0.362 e. The molecule has 0 bridgehead atoms. The van der Waals surface area contributed by atoms with Crippen LogP contribution in [-0.4, -0.2) is 25.2 Å². The molecule has 0 fully saturated rings. The van der Waals surface area contributed by atoms with Gasteiger partial charge in [0.2, 0.25) is 0 Å². The van der Waals surface area contributed by atoms with Gasteiger partial charge >= 0.3 is 0 Å². The summed E-state index contributed by atoms with van der Waals surface area (Å²) in [5.74, 6) is -0.0901. The van der Waals surface area contributed by atoms with Crippen molar-refractivity contribution in [1.29, 1.82) is 0 Å². The molecule has 4 heteroatoms. The monoisotopic (exact) mass is 321 g/mol. The third kappa shape index (κ3) is 3.82. The van der Waals surface area contributed by atoms with E-state index in [1.54, 1.807) is 6.21 Å². The largest absolute Gasteiger partial charge is 0.362 e. The van der Waals surface area contributed by atoms with Gasteiger partial charge in [-0.15, -0.1) is 0 Å².